The number of carbonyl (C=O) groups excluding carboxylic acids is 2. The Hall–Kier alpha value is -2.79. The molecular weight excluding hydrogens is 420 g/mol. The maximum absolute atomic E-state index is 12.9. The van der Waals surface area contributed by atoms with Crippen LogP contribution in [0.5, 0.6) is 0 Å². The van der Waals surface area contributed by atoms with Crippen LogP contribution in [0.4, 0.5) is 5.95 Å². The Bertz CT molecular complexity index is 845. The van der Waals surface area contributed by atoms with E-state index in [4.69, 9.17) is 19.4 Å². The zero-order valence-corrected chi connectivity index (χ0v) is 18.4. The fourth-order valence-corrected chi connectivity index (χ4v) is 4.83. The number of hydrogen-bond acceptors (Lipinski definition) is 9. The van der Waals surface area contributed by atoms with Crippen LogP contribution < -0.4 is 4.90 Å². The molecule has 4 rings (SSSR count). The van der Waals surface area contributed by atoms with E-state index in [0.29, 0.717) is 51.0 Å². The Kier molecular flexibility index (Phi) is 7.62. The Balaban J connectivity index is 0.000000913. The van der Waals surface area contributed by atoms with Gasteiger partial charge in [-0.05, 0) is 25.8 Å². The van der Waals surface area contributed by atoms with Gasteiger partial charge in [-0.3, -0.25) is 9.59 Å². The maximum Gasteiger partial charge on any atom is 0.356 e. The van der Waals surface area contributed by atoms with Crippen molar-refractivity contribution in [3.63, 3.8) is 0 Å². The number of carboxylic acid groups (broad SMARTS) is 1. The third-order valence-electron chi connectivity index (χ3n) is 6.48. The second kappa shape index (κ2) is 10.2. The summed E-state index contributed by atoms with van der Waals surface area (Å²) in [6.07, 6.45) is 1.54. The largest absolute Gasteiger partial charge is 0.483 e. The van der Waals surface area contributed by atoms with Crippen LogP contribution in [0.15, 0.2) is 6.07 Å². The number of aliphatic hydroxyl groups is 1. The molecule has 1 amide bonds. The van der Waals surface area contributed by atoms with Crippen molar-refractivity contribution in [2.24, 2.45) is 17.3 Å². The molecule has 176 valence electrons. The zero-order valence-electron chi connectivity index (χ0n) is 18.4. The summed E-state index contributed by atoms with van der Waals surface area (Å²) in [7, 11) is 1.32. The molecule has 0 radical (unpaired) electrons. The van der Waals surface area contributed by atoms with Crippen molar-refractivity contribution in [2.45, 2.75) is 19.8 Å². The molecule has 3 aliphatic heterocycles. The molecule has 32 heavy (non-hydrogen) atoms. The number of hydrogen-bond donors (Lipinski definition) is 2. The average Bonchev–Trinajstić information content (AvgIpc) is 3.34. The van der Waals surface area contributed by atoms with Crippen molar-refractivity contribution < 1.29 is 34.1 Å². The lowest BCUT2D eigenvalue weighted by Gasteiger charge is -2.30. The van der Waals surface area contributed by atoms with E-state index >= 15 is 0 Å². The quantitative estimate of drug-likeness (QED) is 0.474. The Morgan fingerprint density at radius 2 is 1.97 bits per heavy atom. The van der Waals surface area contributed by atoms with E-state index in [9.17, 15) is 14.7 Å². The number of carbonyl (C=O) groups is 3. The van der Waals surface area contributed by atoms with Crippen molar-refractivity contribution in [3.8, 4) is 0 Å². The van der Waals surface area contributed by atoms with Gasteiger partial charge in [0.2, 0.25) is 11.9 Å². The molecule has 3 saturated heterocycles. The molecule has 0 spiro atoms. The molecule has 3 aliphatic rings. The number of esters is 1. The van der Waals surface area contributed by atoms with Crippen molar-refractivity contribution in [3.05, 3.63) is 17.5 Å². The first-order valence-electron chi connectivity index (χ1n) is 10.6. The summed E-state index contributed by atoms with van der Waals surface area (Å²) in [6.45, 7) is 5.20. The number of nitrogens with zero attached hydrogens (tertiary/aromatic N) is 4. The van der Waals surface area contributed by atoms with Gasteiger partial charge < -0.3 is 29.5 Å². The van der Waals surface area contributed by atoms with Crippen LogP contribution >= 0.6 is 0 Å². The number of aryl methyl sites for hydroxylation is 1. The lowest BCUT2D eigenvalue weighted by Crippen LogP contribution is -2.42. The van der Waals surface area contributed by atoms with Crippen LogP contribution in [-0.4, -0.2) is 96.5 Å². The van der Waals surface area contributed by atoms with Gasteiger partial charge in [0.15, 0.2) is 5.69 Å². The number of aliphatic hydroxyl groups excluding tert-OH is 1. The predicted molar refractivity (Wildman–Crippen MR) is 112 cm³/mol. The summed E-state index contributed by atoms with van der Waals surface area (Å²) < 4.78 is 10.2. The predicted octanol–water partition coefficient (Wildman–Crippen LogP) is -0.0439. The molecule has 2 N–H and O–H groups in total. The second-order valence-corrected chi connectivity index (χ2v) is 8.49. The van der Waals surface area contributed by atoms with Gasteiger partial charge in [-0.2, -0.15) is 0 Å². The summed E-state index contributed by atoms with van der Waals surface area (Å²) in [6, 6.07) is 1.60. The van der Waals surface area contributed by atoms with E-state index in [1.807, 2.05) is 16.7 Å². The van der Waals surface area contributed by atoms with E-state index in [2.05, 4.69) is 9.97 Å². The van der Waals surface area contributed by atoms with E-state index in [1.165, 1.54) is 7.11 Å². The molecule has 0 aliphatic carbocycles. The highest BCUT2D eigenvalue weighted by molar-refractivity contribution is 5.87. The standard InChI is InChI=1S/C20H28N4O5.CH2O2/c1-13-7-16(18(27)28-2)22-19(21-13)24-9-15-8-23(10-20(15,11-24)12-25)17(26)14-3-5-29-6-4-14;2-1-3/h7,14-15,25H,3-6,8-12H2,1-2H3;1H,(H,2,3)/t15-,20+;/m1./s1. The minimum Gasteiger partial charge on any atom is -0.483 e. The molecule has 11 heteroatoms. The minimum absolute atomic E-state index is 0.00139. The highest BCUT2D eigenvalue weighted by atomic mass is 16.5. The fourth-order valence-electron chi connectivity index (χ4n) is 4.83. The van der Waals surface area contributed by atoms with Crippen LogP contribution in [0.25, 0.3) is 0 Å². The molecule has 11 nitrogen and oxygen atoms in total. The van der Waals surface area contributed by atoms with Crippen molar-refractivity contribution in [1.82, 2.24) is 14.9 Å². The number of fused-ring (bicyclic) bond motifs is 1. The Morgan fingerprint density at radius 1 is 1.28 bits per heavy atom. The van der Waals surface area contributed by atoms with Gasteiger partial charge in [-0.1, -0.05) is 0 Å². The van der Waals surface area contributed by atoms with Crippen LogP contribution in [-0.2, 0) is 19.1 Å². The molecule has 1 aromatic heterocycles. The first-order valence-corrected chi connectivity index (χ1v) is 10.6. The van der Waals surface area contributed by atoms with Gasteiger partial charge in [-0.25, -0.2) is 14.8 Å². The van der Waals surface area contributed by atoms with Gasteiger partial charge in [0.05, 0.1) is 13.7 Å². The first kappa shape index (κ1) is 23.9. The molecule has 0 saturated carbocycles. The van der Waals surface area contributed by atoms with E-state index in [-0.39, 0.29) is 41.9 Å². The summed E-state index contributed by atoms with van der Waals surface area (Å²) in [5, 5.41) is 17.1. The number of anilines is 1. The third-order valence-corrected chi connectivity index (χ3v) is 6.48. The number of likely N-dealkylation sites (tertiary alicyclic amines) is 1. The topological polar surface area (TPSA) is 142 Å². The summed E-state index contributed by atoms with van der Waals surface area (Å²) in [4.78, 5) is 46.0. The molecule has 1 aromatic rings. The summed E-state index contributed by atoms with van der Waals surface area (Å²) in [5.41, 5.74) is 0.516. The summed E-state index contributed by atoms with van der Waals surface area (Å²) >= 11 is 0. The van der Waals surface area contributed by atoms with Crippen LogP contribution in [0.2, 0.25) is 0 Å². The van der Waals surface area contributed by atoms with Crippen molar-refractivity contribution in [2.75, 3.05) is 58.0 Å². The Morgan fingerprint density at radius 3 is 2.56 bits per heavy atom. The summed E-state index contributed by atoms with van der Waals surface area (Å²) in [5.74, 6) is 0.317. The maximum atomic E-state index is 12.9. The van der Waals surface area contributed by atoms with E-state index < -0.39 is 5.97 Å². The van der Waals surface area contributed by atoms with Crippen molar-refractivity contribution in [1.29, 1.82) is 0 Å². The molecule has 0 unspecified atom stereocenters. The second-order valence-electron chi connectivity index (χ2n) is 8.49. The van der Waals surface area contributed by atoms with Gasteiger partial charge in [0.1, 0.15) is 0 Å². The van der Waals surface area contributed by atoms with Gasteiger partial charge >= 0.3 is 5.97 Å². The average molecular weight is 450 g/mol. The van der Waals surface area contributed by atoms with Crippen LogP contribution in [0, 0.1) is 24.2 Å². The lowest BCUT2D eigenvalue weighted by molar-refractivity contribution is -0.138. The number of methoxy groups -OCH3 is 1. The molecule has 2 atom stereocenters. The number of ether oxygens (including phenoxy) is 2. The van der Waals surface area contributed by atoms with Crippen LogP contribution in [0.3, 0.4) is 0 Å². The number of aromatic nitrogens is 2. The van der Waals surface area contributed by atoms with E-state index in [0.717, 1.165) is 12.8 Å². The lowest BCUT2D eigenvalue weighted by atomic mass is 9.82. The molecule has 3 fully saturated rings. The first-order chi connectivity index (χ1) is 15.4. The zero-order chi connectivity index (χ0) is 23.3. The molecule has 0 aromatic carbocycles. The van der Waals surface area contributed by atoms with Crippen LogP contribution in [0.1, 0.15) is 29.0 Å². The fraction of sp³-hybridized carbons (Fsp3) is 0.667. The van der Waals surface area contributed by atoms with Gasteiger partial charge in [0.25, 0.3) is 6.47 Å². The molecule has 4 heterocycles. The highest BCUT2D eigenvalue weighted by Gasteiger charge is 2.54. The smallest absolute Gasteiger partial charge is 0.356 e. The highest BCUT2D eigenvalue weighted by Crippen LogP contribution is 2.43. The molecule has 0 bridgehead atoms. The van der Waals surface area contributed by atoms with E-state index in [1.54, 1.807) is 6.07 Å². The minimum atomic E-state index is -0.499. The molecular formula is C21H30N4O7. The van der Waals surface area contributed by atoms with Gasteiger partial charge in [-0.15, -0.1) is 0 Å². The number of amides is 1. The SMILES string of the molecule is COC(=O)c1cc(C)nc(N2C[C@H]3CN(C(=O)C4CCOCC4)C[C@@]3(CO)C2)n1.O=CO. The van der Waals surface area contributed by atoms with Gasteiger partial charge in [0, 0.05) is 62.3 Å². The van der Waals surface area contributed by atoms with Crippen molar-refractivity contribution >= 4 is 24.3 Å². The number of rotatable bonds is 4. The third kappa shape index (κ3) is 4.83. The Labute approximate surface area is 186 Å². The normalized spacial score (nSPS) is 25.0. The monoisotopic (exact) mass is 450 g/mol.